The Morgan fingerprint density at radius 3 is 2.50 bits per heavy atom. The van der Waals surface area contributed by atoms with E-state index < -0.39 is 0 Å². The normalized spacial score (nSPS) is 13.9. The molecular formula is C15H11ClN2O2. The summed E-state index contributed by atoms with van der Waals surface area (Å²) in [5.41, 5.74) is 4.53. The molecule has 2 N–H and O–H groups in total. The van der Waals surface area contributed by atoms with Crippen LogP contribution in [0.2, 0.25) is 0 Å². The second-order valence-corrected chi connectivity index (χ2v) is 4.67. The van der Waals surface area contributed by atoms with Crippen LogP contribution in [0.5, 0.6) is 0 Å². The van der Waals surface area contributed by atoms with Gasteiger partial charge in [-0.2, -0.15) is 0 Å². The van der Waals surface area contributed by atoms with Crippen LogP contribution in [0.1, 0.15) is 11.1 Å². The van der Waals surface area contributed by atoms with Crippen molar-refractivity contribution in [2.45, 2.75) is 0 Å². The summed E-state index contributed by atoms with van der Waals surface area (Å²) >= 11 is 5.52. The molecule has 0 bridgehead atoms. The largest absolute Gasteiger partial charge is 0.410 e. The van der Waals surface area contributed by atoms with Gasteiger partial charge < -0.3 is 10.5 Å². The van der Waals surface area contributed by atoms with Crippen molar-refractivity contribution in [2.24, 2.45) is 5.16 Å². The molecule has 5 heteroatoms. The van der Waals surface area contributed by atoms with E-state index in [-0.39, 0.29) is 11.8 Å². The zero-order valence-electron chi connectivity index (χ0n) is 10.4. The fourth-order valence-electron chi connectivity index (χ4n) is 2.48. The van der Waals surface area contributed by atoms with Gasteiger partial charge in [-0.15, -0.1) is 11.6 Å². The molecule has 20 heavy (non-hydrogen) atoms. The molecule has 0 saturated heterocycles. The monoisotopic (exact) mass is 286 g/mol. The van der Waals surface area contributed by atoms with Crippen LogP contribution in [0, 0.1) is 0 Å². The van der Waals surface area contributed by atoms with Crippen molar-refractivity contribution in [1.29, 1.82) is 0 Å². The molecule has 100 valence electrons. The summed E-state index contributed by atoms with van der Waals surface area (Å²) in [5, 5.41) is 15.4. The van der Waals surface area contributed by atoms with E-state index in [1.807, 2.05) is 36.4 Å². The summed E-state index contributed by atoms with van der Waals surface area (Å²) in [7, 11) is 0. The molecule has 0 atom stereocenters. The van der Waals surface area contributed by atoms with Crippen LogP contribution in [-0.2, 0) is 4.79 Å². The highest BCUT2D eigenvalue weighted by atomic mass is 35.5. The first-order chi connectivity index (χ1) is 9.76. The van der Waals surface area contributed by atoms with Crippen molar-refractivity contribution in [3.8, 4) is 11.1 Å². The topological polar surface area (TPSA) is 61.7 Å². The highest BCUT2D eigenvalue weighted by Gasteiger charge is 2.27. The van der Waals surface area contributed by atoms with Gasteiger partial charge in [-0.25, -0.2) is 0 Å². The lowest BCUT2D eigenvalue weighted by Crippen LogP contribution is -2.15. The minimum absolute atomic E-state index is 0.123. The quantitative estimate of drug-likeness (QED) is 0.432. The number of nitrogens with one attached hydrogen (secondary N) is 1. The molecule has 0 radical (unpaired) electrons. The van der Waals surface area contributed by atoms with Gasteiger partial charge in [-0.05, 0) is 17.2 Å². The van der Waals surface area contributed by atoms with Gasteiger partial charge in [0.2, 0.25) is 5.91 Å². The smallest absolute Gasteiger partial charge is 0.239 e. The van der Waals surface area contributed by atoms with E-state index in [9.17, 15) is 10.0 Å². The number of alkyl halides is 1. The summed E-state index contributed by atoms with van der Waals surface area (Å²) in [6, 6.07) is 13.2. The number of hydrogen-bond donors (Lipinski definition) is 2. The van der Waals surface area contributed by atoms with E-state index in [1.54, 1.807) is 6.07 Å². The molecule has 1 aliphatic rings. The molecule has 0 aliphatic heterocycles. The van der Waals surface area contributed by atoms with Gasteiger partial charge in [0.1, 0.15) is 11.6 Å². The first-order valence-electron chi connectivity index (χ1n) is 6.07. The van der Waals surface area contributed by atoms with Gasteiger partial charge in [0.15, 0.2) is 0 Å². The van der Waals surface area contributed by atoms with E-state index in [0.717, 1.165) is 22.3 Å². The Morgan fingerprint density at radius 1 is 1.10 bits per heavy atom. The molecule has 2 aromatic carbocycles. The van der Waals surface area contributed by atoms with Crippen molar-refractivity contribution in [2.75, 3.05) is 11.2 Å². The second-order valence-electron chi connectivity index (χ2n) is 4.40. The summed E-state index contributed by atoms with van der Waals surface area (Å²) in [4.78, 5) is 11.5. The molecular weight excluding hydrogens is 276 g/mol. The molecule has 4 nitrogen and oxygen atoms in total. The third-order valence-electron chi connectivity index (χ3n) is 3.27. The maximum absolute atomic E-state index is 11.5. The standard InChI is InChI=1S/C15H11ClN2O2/c16-8-13(19)17-12-7-3-6-10-9-4-1-2-5-11(9)15(18-20)14(10)12/h1-7,20H,8H2,(H,17,19)/b18-15-. The van der Waals surface area contributed by atoms with Crippen molar-refractivity contribution >= 4 is 28.9 Å². The van der Waals surface area contributed by atoms with Crippen LogP contribution in [-0.4, -0.2) is 22.7 Å². The van der Waals surface area contributed by atoms with Gasteiger partial charge in [0.25, 0.3) is 0 Å². The zero-order valence-corrected chi connectivity index (χ0v) is 11.2. The van der Waals surface area contributed by atoms with E-state index >= 15 is 0 Å². The minimum atomic E-state index is -0.298. The third-order valence-corrected chi connectivity index (χ3v) is 3.51. The number of carbonyl (C=O) groups excluding carboxylic acids is 1. The molecule has 0 saturated carbocycles. The van der Waals surface area contributed by atoms with Crippen molar-refractivity contribution in [3.05, 3.63) is 53.6 Å². The van der Waals surface area contributed by atoms with Crippen molar-refractivity contribution in [1.82, 2.24) is 0 Å². The number of benzene rings is 2. The molecule has 1 aliphatic carbocycles. The maximum Gasteiger partial charge on any atom is 0.239 e. The van der Waals surface area contributed by atoms with Crippen LogP contribution in [0.3, 0.4) is 0 Å². The highest BCUT2D eigenvalue weighted by Crippen LogP contribution is 2.40. The first kappa shape index (κ1) is 12.7. The molecule has 3 rings (SSSR count). The van der Waals surface area contributed by atoms with Crippen LogP contribution in [0.25, 0.3) is 11.1 Å². The molecule has 1 amide bonds. The first-order valence-corrected chi connectivity index (χ1v) is 6.60. The molecule has 0 unspecified atom stereocenters. The van der Waals surface area contributed by atoms with Crippen molar-refractivity contribution in [3.63, 3.8) is 0 Å². The number of rotatable bonds is 2. The maximum atomic E-state index is 11.5. The number of hydrogen-bond acceptors (Lipinski definition) is 3. The molecule has 0 aromatic heterocycles. The van der Waals surface area contributed by atoms with E-state index in [0.29, 0.717) is 11.4 Å². The average Bonchev–Trinajstić information content (AvgIpc) is 2.82. The summed E-state index contributed by atoms with van der Waals surface area (Å²) in [6.07, 6.45) is 0. The number of amides is 1. The van der Waals surface area contributed by atoms with Crippen LogP contribution in [0.15, 0.2) is 47.6 Å². The lowest BCUT2D eigenvalue weighted by atomic mass is 10.0. The Balaban J connectivity index is 2.21. The molecule has 0 fully saturated rings. The summed E-state index contributed by atoms with van der Waals surface area (Å²) in [5.74, 6) is -0.421. The SMILES string of the molecule is O=C(CCl)Nc1cccc2c1/C(=N\O)c1ccccc1-2. The van der Waals surface area contributed by atoms with Crippen molar-refractivity contribution < 1.29 is 10.0 Å². The zero-order chi connectivity index (χ0) is 14.1. The predicted octanol–water partition coefficient (Wildman–Crippen LogP) is 3.07. The number of nitrogens with zero attached hydrogens (tertiary/aromatic N) is 1. The molecule has 2 aromatic rings. The van der Waals surface area contributed by atoms with Gasteiger partial charge in [-0.1, -0.05) is 41.6 Å². The van der Waals surface area contributed by atoms with Gasteiger partial charge in [-0.3, -0.25) is 4.79 Å². The van der Waals surface area contributed by atoms with Gasteiger partial charge in [0.05, 0.1) is 5.69 Å². The van der Waals surface area contributed by atoms with E-state index in [2.05, 4.69) is 10.5 Å². The van der Waals surface area contributed by atoms with E-state index in [4.69, 9.17) is 11.6 Å². The summed E-state index contributed by atoms with van der Waals surface area (Å²) in [6.45, 7) is 0. The Morgan fingerprint density at radius 2 is 1.80 bits per heavy atom. The fraction of sp³-hybridized carbons (Fsp3) is 0.0667. The predicted molar refractivity (Wildman–Crippen MR) is 78.7 cm³/mol. The Bertz CT molecular complexity index is 726. The lowest BCUT2D eigenvalue weighted by Gasteiger charge is -2.09. The molecule has 0 spiro atoms. The lowest BCUT2D eigenvalue weighted by molar-refractivity contribution is -0.113. The summed E-state index contributed by atoms with van der Waals surface area (Å²) < 4.78 is 0. The van der Waals surface area contributed by atoms with Gasteiger partial charge in [0, 0.05) is 11.1 Å². The third kappa shape index (κ3) is 1.85. The number of carbonyl (C=O) groups is 1. The number of fused-ring (bicyclic) bond motifs is 3. The van der Waals surface area contributed by atoms with Crippen LogP contribution >= 0.6 is 11.6 Å². The molecule has 0 heterocycles. The minimum Gasteiger partial charge on any atom is -0.410 e. The Labute approximate surface area is 120 Å². The number of halogens is 1. The van der Waals surface area contributed by atoms with E-state index in [1.165, 1.54) is 0 Å². The second kappa shape index (κ2) is 4.98. The Hall–Kier alpha value is -2.33. The van der Waals surface area contributed by atoms with Crippen LogP contribution < -0.4 is 5.32 Å². The van der Waals surface area contributed by atoms with Crippen LogP contribution in [0.4, 0.5) is 5.69 Å². The fourth-order valence-corrected chi connectivity index (χ4v) is 2.55. The highest BCUT2D eigenvalue weighted by molar-refractivity contribution is 6.31. The average molecular weight is 287 g/mol. The number of oxime groups is 1. The Kier molecular flexibility index (Phi) is 3.16. The van der Waals surface area contributed by atoms with Gasteiger partial charge >= 0.3 is 0 Å². The number of anilines is 1.